The molecule has 0 bridgehead atoms. The highest BCUT2D eigenvalue weighted by Gasteiger charge is 2.10. The van der Waals surface area contributed by atoms with Crippen LogP contribution in [0.15, 0.2) is 67.1 Å². The van der Waals surface area contributed by atoms with Crippen LogP contribution in [0, 0.1) is 6.92 Å². The summed E-state index contributed by atoms with van der Waals surface area (Å²) < 4.78 is 1.75. The lowest BCUT2D eigenvalue weighted by Gasteiger charge is -2.10. The van der Waals surface area contributed by atoms with Gasteiger partial charge in [-0.2, -0.15) is 0 Å². The van der Waals surface area contributed by atoms with Crippen molar-refractivity contribution >= 4 is 29.0 Å². The summed E-state index contributed by atoms with van der Waals surface area (Å²) in [6.45, 7) is 2.20. The van der Waals surface area contributed by atoms with Gasteiger partial charge in [0.1, 0.15) is 5.82 Å². The van der Waals surface area contributed by atoms with Crippen molar-refractivity contribution < 1.29 is 9.59 Å². The molecule has 3 amide bonds. The van der Waals surface area contributed by atoms with Crippen molar-refractivity contribution in [3.63, 3.8) is 0 Å². The van der Waals surface area contributed by atoms with Crippen LogP contribution in [0.5, 0.6) is 0 Å². The number of fused-ring (bicyclic) bond motifs is 1. The average molecular weight is 401 g/mol. The highest BCUT2D eigenvalue weighted by molar-refractivity contribution is 6.04. The fraction of sp³-hybridized carbons (Fsp3) is 0.0952. The Bertz CT molecular complexity index is 1200. The summed E-state index contributed by atoms with van der Waals surface area (Å²) in [5.74, 6) is 0.424. The lowest BCUT2D eigenvalue weighted by atomic mass is 10.2. The van der Waals surface area contributed by atoms with Gasteiger partial charge in [-0.05, 0) is 55.0 Å². The van der Waals surface area contributed by atoms with Crippen molar-refractivity contribution in [3.05, 3.63) is 84.1 Å². The van der Waals surface area contributed by atoms with Crippen LogP contribution in [0.25, 0.3) is 5.65 Å². The Kier molecular flexibility index (Phi) is 5.33. The molecule has 150 valence electrons. The number of hydrogen-bond acceptors (Lipinski definition) is 5. The van der Waals surface area contributed by atoms with E-state index in [1.807, 2.05) is 19.1 Å². The molecule has 0 atom stereocenters. The SMILES string of the molecule is Cc1nnc2ccc(C(=O)Nc3cccc(NC(=O)NCc4ccncc4)c3)cn12. The van der Waals surface area contributed by atoms with Gasteiger partial charge in [-0.1, -0.05) is 6.07 Å². The number of nitrogens with one attached hydrogen (secondary N) is 3. The Labute approximate surface area is 172 Å². The van der Waals surface area contributed by atoms with E-state index in [0.717, 1.165) is 5.56 Å². The molecule has 0 saturated carbocycles. The van der Waals surface area contributed by atoms with Gasteiger partial charge in [0.2, 0.25) is 0 Å². The number of benzene rings is 1. The summed E-state index contributed by atoms with van der Waals surface area (Å²) in [5.41, 5.74) is 3.21. The molecule has 4 rings (SSSR count). The monoisotopic (exact) mass is 401 g/mol. The molecule has 4 aromatic rings. The van der Waals surface area contributed by atoms with Crippen LogP contribution in [-0.2, 0) is 6.54 Å². The van der Waals surface area contributed by atoms with E-state index in [4.69, 9.17) is 0 Å². The van der Waals surface area contributed by atoms with Crippen molar-refractivity contribution in [1.82, 2.24) is 24.9 Å². The second-order valence-corrected chi connectivity index (χ2v) is 6.59. The lowest BCUT2D eigenvalue weighted by Crippen LogP contribution is -2.28. The Hall–Kier alpha value is -4.27. The van der Waals surface area contributed by atoms with Crippen LogP contribution in [0.2, 0.25) is 0 Å². The third kappa shape index (κ3) is 4.41. The van der Waals surface area contributed by atoms with Crippen molar-refractivity contribution in [2.75, 3.05) is 10.6 Å². The predicted octanol–water partition coefficient (Wildman–Crippen LogP) is 3.01. The normalized spacial score (nSPS) is 10.6. The van der Waals surface area contributed by atoms with Gasteiger partial charge in [0.15, 0.2) is 5.65 Å². The van der Waals surface area contributed by atoms with Gasteiger partial charge in [0.05, 0.1) is 5.56 Å². The first kappa shape index (κ1) is 19.1. The van der Waals surface area contributed by atoms with E-state index in [1.54, 1.807) is 59.4 Å². The summed E-state index contributed by atoms with van der Waals surface area (Å²) in [6.07, 6.45) is 5.03. The first-order chi connectivity index (χ1) is 14.6. The van der Waals surface area contributed by atoms with Crippen LogP contribution >= 0.6 is 0 Å². The number of amides is 3. The molecule has 0 aliphatic carbocycles. The fourth-order valence-corrected chi connectivity index (χ4v) is 2.88. The summed E-state index contributed by atoms with van der Waals surface area (Å²) in [5, 5.41) is 16.4. The lowest BCUT2D eigenvalue weighted by molar-refractivity contribution is 0.102. The minimum Gasteiger partial charge on any atom is -0.334 e. The van der Waals surface area contributed by atoms with Gasteiger partial charge in [0, 0.05) is 36.5 Å². The molecular formula is C21H19N7O2. The molecule has 0 aliphatic rings. The van der Waals surface area contributed by atoms with Gasteiger partial charge < -0.3 is 16.0 Å². The van der Waals surface area contributed by atoms with Crippen LogP contribution in [-0.4, -0.2) is 31.5 Å². The van der Waals surface area contributed by atoms with Crippen LogP contribution in [0.3, 0.4) is 0 Å². The first-order valence-corrected chi connectivity index (χ1v) is 9.25. The Morgan fingerprint density at radius 2 is 1.73 bits per heavy atom. The average Bonchev–Trinajstić information content (AvgIpc) is 3.13. The van der Waals surface area contributed by atoms with Gasteiger partial charge >= 0.3 is 6.03 Å². The van der Waals surface area contributed by atoms with Gasteiger partial charge in [-0.15, -0.1) is 10.2 Å². The number of carbonyl (C=O) groups excluding carboxylic acids is 2. The van der Waals surface area contributed by atoms with Crippen LogP contribution < -0.4 is 16.0 Å². The van der Waals surface area contributed by atoms with E-state index < -0.39 is 0 Å². The van der Waals surface area contributed by atoms with E-state index in [0.29, 0.717) is 35.0 Å². The van der Waals surface area contributed by atoms with Crippen molar-refractivity contribution in [1.29, 1.82) is 0 Å². The largest absolute Gasteiger partial charge is 0.334 e. The smallest absolute Gasteiger partial charge is 0.319 e. The van der Waals surface area contributed by atoms with Gasteiger partial charge in [0.25, 0.3) is 5.91 Å². The fourth-order valence-electron chi connectivity index (χ4n) is 2.88. The zero-order valence-corrected chi connectivity index (χ0v) is 16.2. The van der Waals surface area contributed by atoms with Crippen molar-refractivity contribution in [2.45, 2.75) is 13.5 Å². The molecule has 9 nitrogen and oxygen atoms in total. The standard InChI is InChI=1S/C21H19N7O2/c1-14-26-27-19-6-5-16(13-28(14)19)20(29)24-17-3-2-4-18(11-17)25-21(30)23-12-15-7-9-22-10-8-15/h2-11,13H,12H2,1H3,(H,24,29)(H2,23,25,30). The van der Waals surface area contributed by atoms with Crippen LogP contribution in [0.1, 0.15) is 21.7 Å². The molecule has 3 N–H and O–H groups in total. The minimum absolute atomic E-state index is 0.274. The Balaban J connectivity index is 1.39. The number of carbonyl (C=O) groups is 2. The van der Waals surface area contributed by atoms with Crippen LogP contribution in [0.4, 0.5) is 16.2 Å². The molecular weight excluding hydrogens is 382 g/mol. The zero-order chi connectivity index (χ0) is 20.9. The molecule has 30 heavy (non-hydrogen) atoms. The maximum Gasteiger partial charge on any atom is 0.319 e. The number of urea groups is 1. The highest BCUT2D eigenvalue weighted by atomic mass is 16.2. The number of hydrogen-bond donors (Lipinski definition) is 3. The molecule has 0 aliphatic heterocycles. The van der Waals surface area contributed by atoms with Crippen molar-refractivity contribution in [3.8, 4) is 0 Å². The maximum absolute atomic E-state index is 12.6. The quantitative estimate of drug-likeness (QED) is 0.476. The molecule has 0 saturated heterocycles. The number of anilines is 2. The van der Waals surface area contributed by atoms with E-state index in [2.05, 4.69) is 31.1 Å². The van der Waals surface area contributed by atoms with Gasteiger partial charge in [-0.3, -0.25) is 14.2 Å². The molecule has 0 fully saturated rings. The molecule has 1 aromatic carbocycles. The number of nitrogens with zero attached hydrogens (tertiary/aromatic N) is 4. The van der Waals surface area contributed by atoms with E-state index >= 15 is 0 Å². The topological polar surface area (TPSA) is 113 Å². The second-order valence-electron chi connectivity index (χ2n) is 6.59. The second kappa shape index (κ2) is 8.39. The zero-order valence-electron chi connectivity index (χ0n) is 16.2. The third-order valence-corrected chi connectivity index (χ3v) is 4.42. The molecule has 0 spiro atoms. The van der Waals surface area contributed by atoms with Crippen molar-refractivity contribution in [2.24, 2.45) is 0 Å². The summed E-state index contributed by atoms with van der Waals surface area (Å²) in [6, 6.07) is 13.7. The molecule has 9 heteroatoms. The Morgan fingerprint density at radius 3 is 2.53 bits per heavy atom. The number of aryl methyl sites for hydroxylation is 1. The Morgan fingerprint density at radius 1 is 0.967 bits per heavy atom. The summed E-state index contributed by atoms with van der Waals surface area (Å²) >= 11 is 0. The number of pyridine rings is 2. The first-order valence-electron chi connectivity index (χ1n) is 9.25. The molecule has 0 unspecified atom stereocenters. The maximum atomic E-state index is 12.6. The number of aromatic nitrogens is 4. The van der Waals surface area contributed by atoms with Gasteiger partial charge in [-0.25, -0.2) is 4.79 Å². The predicted molar refractivity (Wildman–Crippen MR) is 112 cm³/mol. The number of rotatable bonds is 5. The molecule has 3 aromatic heterocycles. The summed E-state index contributed by atoms with van der Waals surface area (Å²) in [7, 11) is 0. The van der Waals surface area contributed by atoms with E-state index in [1.165, 1.54) is 0 Å². The highest BCUT2D eigenvalue weighted by Crippen LogP contribution is 2.16. The minimum atomic E-state index is -0.344. The third-order valence-electron chi connectivity index (χ3n) is 4.42. The molecule has 0 radical (unpaired) electrons. The molecule has 3 heterocycles. The summed E-state index contributed by atoms with van der Waals surface area (Å²) in [4.78, 5) is 28.7. The van der Waals surface area contributed by atoms with E-state index in [9.17, 15) is 9.59 Å². The van der Waals surface area contributed by atoms with E-state index in [-0.39, 0.29) is 11.9 Å².